The summed E-state index contributed by atoms with van der Waals surface area (Å²) in [6.45, 7) is 3.02. The van der Waals surface area contributed by atoms with Crippen molar-refractivity contribution in [3.05, 3.63) is 83.1 Å². The average molecular weight is 548 g/mol. The topological polar surface area (TPSA) is 148 Å². The van der Waals surface area contributed by atoms with E-state index in [-0.39, 0.29) is 18.1 Å². The van der Waals surface area contributed by atoms with Crippen LogP contribution in [0.5, 0.6) is 17.2 Å². The molecule has 4 aromatic rings. The van der Waals surface area contributed by atoms with Gasteiger partial charge in [0.1, 0.15) is 47.4 Å². The van der Waals surface area contributed by atoms with Gasteiger partial charge in [0.05, 0.1) is 19.3 Å². The van der Waals surface area contributed by atoms with Crippen molar-refractivity contribution >= 4 is 28.5 Å². The first-order valence-corrected chi connectivity index (χ1v) is 12.6. The summed E-state index contributed by atoms with van der Waals surface area (Å²) in [6.07, 6.45) is -3.28. The maximum absolute atomic E-state index is 13.6. The fraction of sp³-hybridized carbons (Fsp3) is 0.267. The minimum atomic E-state index is -1.32. The molecule has 5 rings (SSSR count). The van der Waals surface area contributed by atoms with Crippen LogP contribution in [0.4, 0.5) is 10.5 Å². The van der Waals surface area contributed by atoms with E-state index in [1.807, 2.05) is 13.8 Å². The third-order valence-electron chi connectivity index (χ3n) is 6.96. The number of ether oxygens (including phenoxy) is 3. The molecule has 0 unspecified atom stereocenters. The molecule has 1 amide bonds. The van der Waals surface area contributed by atoms with Gasteiger partial charge in [0.2, 0.25) is 0 Å². The molecule has 1 aliphatic rings. The van der Waals surface area contributed by atoms with Crippen LogP contribution in [0.3, 0.4) is 0 Å². The molecule has 0 radical (unpaired) electrons. The minimum absolute atomic E-state index is 0.212. The van der Waals surface area contributed by atoms with E-state index in [1.54, 1.807) is 67.8 Å². The molecular formula is C30H29NO9. The molecule has 1 aliphatic carbocycles. The molecule has 0 aliphatic heterocycles. The van der Waals surface area contributed by atoms with Gasteiger partial charge in [-0.2, -0.15) is 0 Å². The number of carbonyl (C=O) groups is 2. The second-order valence-electron chi connectivity index (χ2n) is 10.00. The van der Waals surface area contributed by atoms with Crippen molar-refractivity contribution in [1.29, 1.82) is 0 Å². The van der Waals surface area contributed by atoms with Crippen molar-refractivity contribution in [2.45, 2.75) is 31.5 Å². The summed E-state index contributed by atoms with van der Waals surface area (Å²) in [6, 6.07) is 16.6. The highest BCUT2D eigenvalue weighted by Gasteiger charge is 2.42. The number of rotatable bonds is 8. The number of carbonyl (C=O) groups excluding carboxylic acids is 2. The van der Waals surface area contributed by atoms with Crippen LogP contribution in [-0.4, -0.2) is 59.7 Å². The number of aliphatic hydroxyl groups is 3. The van der Waals surface area contributed by atoms with Gasteiger partial charge in [0.25, 0.3) is 0 Å². The van der Waals surface area contributed by atoms with E-state index in [1.165, 1.54) is 0 Å². The van der Waals surface area contributed by atoms with Crippen molar-refractivity contribution in [3.63, 3.8) is 0 Å². The number of ketones is 1. The smallest absolute Gasteiger partial charge is 0.417 e. The fourth-order valence-electron chi connectivity index (χ4n) is 4.73. The van der Waals surface area contributed by atoms with Crippen molar-refractivity contribution in [2.75, 3.05) is 25.6 Å². The third kappa shape index (κ3) is 5.00. The Morgan fingerprint density at radius 2 is 1.68 bits per heavy atom. The Bertz CT molecular complexity index is 1570. The first-order chi connectivity index (χ1) is 19.1. The Morgan fingerprint density at radius 3 is 2.38 bits per heavy atom. The molecule has 40 heavy (non-hydrogen) atoms. The molecule has 1 heterocycles. The molecule has 10 nitrogen and oxygen atoms in total. The number of fused-ring (bicyclic) bond motifs is 4. The summed E-state index contributed by atoms with van der Waals surface area (Å²) in [5.74, 6) is 1.55. The highest BCUT2D eigenvalue weighted by atomic mass is 16.6. The Labute approximate surface area is 229 Å². The van der Waals surface area contributed by atoms with E-state index in [0.717, 1.165) is 0 Å². The summed E-state index contributed by atoms with van der Waals surface area (Å²) >= 11 is 0. The molecule has 1 aromatic heterocycles. The first-order valence-electron chi connectivity index (χ1n) is 12.6. The largest absolute Gasteiger partial charge is 0.497 e. The second-order valence-corrected chi connectivity index (χ2v) is 10.00. The van der Waals surface area contributed by atoms with Crippen LogP contribution in [-0.2, 0) is 5.41 Å². The van der Waals surface area contributed by atoms with Crippen molar-refractivity contribution in [1.82, 2.24) is 0 Å². The fourth-order valence-corrected chi connectivity index (χ4v) is 4.73. The number of hydrogen-bond donors (Lipinski definition) is 4. The normalized spacial score (nSPS) is 15.1. The molecule has 2 atom stereocenters. The van der Waals surface area contributed by atoms with Crippen LogP contribution in [0.1, 0.15) is 41.1 Å². The zero-order chi connectivity index (χ0) is 28.6. The second kappa shape index (κ2) is 10.6. The molecule has 3 aromatic carbocycles. The van der Waals surface area contributed by atoms with Gasteiger partial charge in [-0.05, 0) is 74.0 Å². The molecule has 0 saturated carbocycles. The number of amides is 1. The lowest BCUT2D eigenvalue weighted by molar-refractivity contribution is -0.0339. The van der Waals surface area contributed by atoms with E-state index in [9.17, 15) is 19.8 Å². The lowest BCUT2D eigenvalue weighted by Gasteiger charge is -2.31. The van der Waals surface area contributed by atoms with Crippen LogP contribution >= 0.6 is 0 Å². The number of anilines is 1. The Kier molecular flexibility index (Phi) is 7.24. The van der Waals surface area contributed by atoms with Crippen LogP contribution in [0.2, 0.25) is 0 Å². The van der Waals surface area contributed by atoms with E-state index in [2.05, 4.69) is 5.32 Å². The van der Waals surface area contributed by atoms with E-state index in [4.69, 9.17) is 23.7 Å². The number of hydrogen-bond acceptors (Lipinski definition) is 9. The number of nitrogens with one attached hydrogen (secondary N) is 1. The van der Waals surface area contributed by atoms with Crippen molar-refractivity contribution < 1.29 is 43.5 Å². The van der Waals surface area contributed by atoms with Gasteiger partial charge in [-0.25, -0.2) is 4.79 Å². The maximum atomic E-state index is 13.6. The minimum Gasteiger partial charge on any atom is -0.497 e. The van der Waals surface area contributed by atoms with Crippen LogP contribution < -0.4 is 19.5 Å². The van der Waals surface area contributed by atoms with Gasteiger partial charge in [0.15, 0.2) is 5.78 Å². The van der Waals surface area contributed by atoms with Gasteiger partial charge in [-0.15, -0.1) is 0 Å². The molecule has 0 fully saturated rings. The Morgan fingerprint density at radius 1 is 0.975 bits per heavy atom. The van der Waals surface area contributed by atoms with Gasteiger partial charge < -0.3 is 33.9 Å². The predicted octanol–water partition coefficient (Wildman–Crippen LogP) is 4.02. The van der Waals surface area contributed by atoms with Gasteiger partial charge in [0, 0.05) is 28.1 Å². The van der Waals surface area contributed by atoms with Crippen LogP contribution in [0, 0.1) is 0 Å². The molecule has 0 spiro atoms. The quantitative estimate of drug-likeness (QED) is 0.257. The number of aliphatic hydroxyl groups excluding tert-OH is 3. The van der Waals surface area contributed by atoms with Crippen molar-refractivity contribution in [2.24, 2.45) is 0 Å². The lowest BCUT2D eigenvalue weighted by Crippen LogP contribution is -2.34. The molecule has 208 valence electrons. The van der Waals surface area contributed by atoms with Gasteiger partial charge in [-0.3, -0.25) is 10.1 Å². The third-order valence-corrected chi connectivity index (χ3v) is 6.96. The molecule has 0 saturated heterocycles. The van der Waals surface area contributed by atoms with Crippen LogP contribution in [0.15, 0.2) is 65.1 Å². The zero-order valence-corrected chi connectivity index (χ0v) is 22.1. The standard InChI is InChI=1S/C30H29NO9/c1-30(2)22-12-18(38-15-24(34)23(33)14-32)8-10-20(22)27(35)26-21-11-9-19(13-25(21)40-28(26)30)39-29(36)31-16-4-6-17(37-3)7-5-16/h4-13,23-24,32-34H,14-15H2,1-3H3,(H,31,36)/t23-,24-/m1/s1. The highest BCUT2D eigenvalue weighted by molar-refractivity contribution is 6.19. The van der Waals surface area contributed by atoms with Crippen molar-refractivity contribution in [3.8, 4) is 17.2 Å². The summed E-state index contributed by atoms with van der Waals surface area (Å²) in [4.78, 5) is 26.0. The monoisotopic (exact) mass is 547 g/mol. The zero-order valence-electron chi connectivity index (χ0n) is 22.1. The van der Waals surface area contributed by atoms with Crippen LogP contribution in [0.25, 0.3) is 11.0 Å². The molecule has 10 heteroatoms. The SMILES string of the molecule is COc1ccc(NC(=O)Oc2ccc3c4c(oc3c2)C(C)(C)c2cc(OC[C@@H](O)[C@H](O)CO)ccc2C4=O)cc1. The average Bonchev–Trinajstić information content (AvgIpc) is 3.35. The molecular weight excluding hydrogens is 518 g/mol. The highest BCUT2D eigenvalue weighted by Crippen LogP contribution is 2.46. The van der Waals surface area contributed by atoms with Gasteiger partial charge in [-0.1, -0.05) is 0 Å². The van der Waals surface area contributed by atoms with Gasteiger partial charge >= 0.3 is 6.09 Å². The van der Waals surface area contributed by atoms with E-state index < -0.39 is 30.3 Å². The number of methoxy groups -OCH3 is 1. The lowest BCUT2D eigenvalue weighted by atomic mass is 9.71. The first kappa shape index (κ1) is 27.2. The summed E-state index contributed by atoms with van der Waals surface area (Å²) in [5, 5.41) is 31.7. The molecule has 0 bridgehead atoms. The maximum Gasteiger partial charge on any atom is 0.417 e. The van der Waals surface area contributed by atoms with E-state index in [0.29, 0.717) is 50.6 Å². The van der Waals surface area contributed by atoms with E-state index >= 15 is 0 Å². The molecule has 4 N–H and O–H groups in total. The summed E-state index contributed by atoms with van der Waals surface area (Å²) in [5.41, 5.74) is 1.81. The Hall–Kier alpha value is -4.38. The Balaban J connectivity index is 1.39. The number of furan rings is 1. The summed E-state index contributed by atoms with van der Waals surface area (Å²) in [7, 11) is 1.56. The number of benzene rings is 3. The summed E-state index contributed by atoms with van der Waals surface area (Å²) < 4.78 is 22.4. The predicted molar refractivity (Wildman–Crippen MR) is 145 cm³/mol.